The van der Waals surface area contributed by atoms with Gasteiger partial charge in [0.25, 0.3) is 18.4 Å². The van der Waals surface area contributed by atoms with Gasteiger partial charge in [0.15, 0.2) is 0 Å². The summed E-state index contributed by atoms with van der Waals surface area (Å²) in [6, 6.07) is 9.02. The second-order valence-corrected chi connectivity index (χ2v) is 7.58. The zero-order chi connectivity index (χ0) is 22.8. The standard InChI is InChI=1S/C22H19F4N5O.H2/c23-20(24)15-7-13(10-27)1-2-19(15)31-5-3-30(4-6-31)12-14-8-18-17(28-11-14)9-16(21(25)26)22(32)29-18;/h1-2,7-9,11,20-21H,3-6,12H2,(H,29,32);1H. The second-order valence-electron chi connectivity index (χ2n) is 7.58. The molecule has 3 aromatic rings. The highest BCUT2D eigenvalue weighted by Crippen LogP contribution is 2.31. The lowest BCUT2D eigenvalue weighted by molar-refractivity contribution is 0.149. The fraction of sp³-hybridized carbons (Fsp3) is 0.318. The van der Waals surface area contributed by atoms with Crippen molar-refractivity contribution >= 4 is 16.7 Å². The van der Waals surface area contributed by atoms with E-state index in [9.17, 15) is 22.4 Å². The molecule has 0 spiro atoms. The third-order valence-electron chi connectivity index (χ3n) is 5.52. The van der Waals surface area contributed by atoms with Gasteiger partial charge in [-0.15, -0.1) is 0 Å². The van der Waals surface area contributed by atoms with Crippen molar-refractivity contribution in [2.45, 2.75) is 19.4 Å². The maximum absolute atomic E-state index is 13.5. The van der Waals surface area contributed by atoms with Crippen LogP contribution in [0.2, 0.25) is 0 Å². The van der Waals surface area contributed by atoms with Crippen LogP contribution in [-0.2, 0) is 6.54 Å². The normalized spacial score (nSPS) is 15.0. The van der Waals surface area contributed by atoms with E-state index in [1.54, 1.807) is 18.3 Å². The van der Waals surface area contributed by atoms with E-state index in [1.807, 2.05) is 11.0 Å². The summed E-state index contributed by atoms with van der Waals surface area (Å²) in [4.78, 5) is 22.5. The number of alkyl halides is 4. The molecule has 10 heteroatoms. The molecule has 0 atom stereocenters. The van der Waals surface area contributed by atoms with E-state index in [1.165, 1.54) is 12.1 Å². The minimum Gasteiger partial charge on any atom is -0.369 e. The number of hydrogen-bond donors (Lipinski definition) is 1. The summed E-state index contributed by atoms with van der Waals surface area (Å²) in [5.41, 5.74) is 0.505. The molecule has 1 fully saturated rings. The summed E-state index contributed by atoms with van der Waals surface area (Å²) in [7, 11) is 0. The van der Waals surface area contributed by atoms with Crippen molar-refractivity contribution in [1.82, 2.24) is 14.9 Å². The van der Waals surface area contributed by atoms with Gasteiger partial charge >= 0.3 is 0 Å². The third kappa shape index (κ3) is 4.43. The summed E-state index contributed by atoms with van der Waals surface area (Å²) in [5.74, 6) is 0. The number of aromatic nitrogens is 2. The average Bonchev–Trinajstić information content (AvgIpc) is 2.78. The van der Waals surface area contributed by atoms with Gasteiger partial charge in [-0.1, -0.05) is 0 Å². The molecule has 4 rings (SSSR count). The Hall–Kier alpha value is -3.45. The number of piperazine rings is 1. The Kier molecular flexibility index (Phi) is 6.10. The average molecular weight is 447 g/mol. The number of hydrogen-bond acceptors (Lipinski definition) is 5. The molecule has 1 aliphatic rings. The predicted octanol–water partition coefficient (Wildman–Crippen LogP) is 4.24. The first kappa shape index (κ1) is 21.8. The molecule has 1 aliphatic heterocycles. The van der Waals surface area contributed by atoms with Gasteiger partial charge in [-0.3, -0.25) is 14.7 Å². The van der Waals surface area contributed by atoms with Crippen LogP contribution in [0.25, 0.3) is 11.0 Å². The van der Waals surface area contributed by atoms with E-state index in [4.69, 9.17) is 5.26 Å². The fourth-order valence-corrected chi connectivity index (χ4v) is 3.88. The highest BCUT2D eigenvalue weighted by Gasteiger charge is 2.23. The van der Waals surface area contributed by atoms with Crippen molar-refractivity contribution in [3.63, 3.8) is 0 Å². The van der Waals surface area contributed by atoms with Crippen LogP contribution in [0.4, 0.5) is 23.2 Å². The van der Waals surface area contributed by atoms with Crippen molar-refractivity contribution in [2.24, 2.45) is 0 Å². The Morgan fingerprint density at radius 1 is 1.06 bits per heavy atom. The lowest BCUT2D eigenvalue weighted by atomic mass is 10.1. The van der Waals surface area contributed by atoms with Crippen LogP contribution in [0.15, 0.2) is 41.3 Å². The minimum absolute atomic E-state index is 0. The van der Waals surface area contributed by atoms with E-state index < -0.39 is 24.0 Å². The Morgan fingerprint density at radius 2 is 1.78 bits per heavy atom. The molecule has 0 amide bonds. The van der Waals surface area contributed by atoms with Gasteiger partial charge in [-0.2, -0.15) is 5.26 Å². The molecule has 0 aliphatic carbocycles. The van der Waals surface area contributed by atoms with E-state index >= 15 is 0 Å². The van der Waals surface area contributed by atoms with Crippen LogP contribution in [-0.4, -0.2) is 41.0 Å². The van der Waals surface area contributed by atoms with Gasteiger partial charge in [-0.25, -0.2) is 17.6 Å². The zero-order valence-corrected chi connectivity index (χ0v) is 16.9. The van der Waals surface area contributed by atoms with Crippen LogP contribution in [0.3, 0.4) is 0 Å². The van der Waals surface area contributed by atoms with E-state index in [0.29, 0.717) is 43.9 Å². The summed E-state index contributed by atoms with van der Waals surface area (Å²) in [5, 5.41) is 8.97. The Balaban J connectivity index is 0.00000306. The Labute approximate surface area is 182 Å². The first-order chi connectivity index (χ1) is 15.4. The number of halogens is 4. The molecular weight excluding hydrogens is 426 g/mol. The number of pyridine rings is 2. The third-order valence-corrected chi connectivity index (χ3v) is 5.52. The minimum atomic E-state index is -2.87. The molecule has 0 bridgehead atoms. The summed E-state index contributed by atoms with van der Waals surface area (Å²) in [6.07, 6.45) is -3.96. The number of H-pyrrole nitrogens is 1. The van der Waals surface area contributed by atoms with Gasteiger partial charge in [0, 0.05) is 51.6 Å². The second kappa shape index (κ2) is 8.96. The van der Waals surface area contributed by atoms with Crippen molar-refractivity contribution < 1.29 is 19.0 Å². The van der Waals surface area contributed by atoms with Crippen LogP contribution in [0.1, 0.15) is 36.5 Å². The summed E-state index contributed by atoms with van der Waals surface area (Å²) in [6.45, 7) is 2.80. The van der Waals surface area contributed by atoms with Gasteiger partial charge in [0.05, 0.1) is 28.2 Å². The maximum atomic E-state index is 13.5. The predicted molar refractivity (Wildman–Crippen MR) is 113 cm³/mol. The van der Waals surface area contributed by atoms with Crippen molar-refractivity contribution in [3.8, 4) is 6.07 Å². The number of aromatic amines is 1. The summed E-state index contributed by atoms with van der Waals surface area (Å²) < 4.78 is 52.7. The molecule has 0 saturated carbocycles. The molecule has 0 unspecified atom stereocenters. The van der Waals surface area contributed by atoms with Gasteiger partial charge in [-0.05, 0) is 35.9 Å². The van der Waals surface area contributed by atoms with Gasteiger partial charge < -0.3 is 9.88 Å². The molecule has 2 aromatic heterocycles. The highest BCUT2D eigenvalue weighted by molar-refractivity contribution is 5.75. The number of anilines is 1. The van der Waals surface area contributed by atoms with Crippen molar-refractivity contribution in [1.29, 1.82) is 5.26 Å². The maximum Gasteiger partial charge on any atom is 0.269 e. The SMILES string of the molecule is N#Cc1ccc(N2CCN(Cc3cnc4cc(C(F)F)c(=O)[nH]c4c3)CC2)c(C(F)F)c1.[HH]. The topological polar surface area (TPSA) is 76.0 Å². The molecule has 1 N–H and O–H groups in total. The molecule has 0 radical (unpaired) electrons. The van der Waals surface area contributed by atoms with Crippen molar-refractivity contribution in [3.05, 3.63) is 69.1 Å². The van der Waals surface area contributed by atoms with Gasteiger partial charge in [0.2, 0.25) is 0 Å². The number of benzene rings is 1. The van der Waals surface area contributed by atoms with Crippen LogP contribution >= 0.6 is 0 Å². The van der Waals surface area contributed by atoms with Crippen LogP contribution in [0.5, 0.6) is 0 Å². The molecule has 1 saturated heterocycles. The van der Waals surface area contributed by atoms with E-state index in [2.05, 4.69) is 14.9 Å². The van der Waals surface area contributed by atoms with Gasteiger partial charge in [0.1, 0.15) is 0 Å². The number of rotatable bonds is 5. The largest absolute Gasteiger partial charge is 0.369 e. The van der Waals surface area contributed by atoms with E-state index in [-0.39, 0.29) is 18.1 Å². The molecule has 32 heavy (non-hydrogen) atoms. The number of nitrogens with zero attached hydrogens (tertiary/aromatic N) is 4. The lowest BCUT2D eigenvalue weighted by Crippen LogP contribution is -2.46. The Bertz CT molecular complexity index is 1240. The molecule has 3 heterocycles. The van der Waals surface area contributed by atoms with E-state index in [0.717, 1.165) is 11.6 Å². The zero-order valence-electron chi connectivity index (χ0n) is 16.9. The molecular formula is C22H21F4N5O. The highest BCUT2D eigenvalue weighted by atomic mass is 19.3. The molecule has 6 nitrogen and oxygen atoms in total. The number of fused-ring (bicyclic) bond motifs is 1. The fourth-order valence-electron chi connectivity index (χ4n) is 3.88. The number of nitrogens with one attached hydrogen (secondary N) is 1. The first-order valence-corrected chi connectivity index (χ1v) is 9.95. The number of nitriles is 1. The Morgan fingerprint density at radius 3 is 2.44 bits per heavy atom. The monoisotopic (exact) mass is 447 g/mol. The quantitative estimate of drug-likeness (QED) is 0.593. The first-order valence-electron chi connectivity index (χ1n) is 9.95. The lowest BCUT2D eigenvalue weighted by Gasteiger charge is -2.37. The smallest absolute Gasteiger partial charge is 0.269 e. The van der Waals surface area contributed by atoms with Crippen molar-refractivity contribution in [2.75, 3.05) is 31.1 Å². The molecule has 168 valence electrons. The summed E-state index contributed by atoms with van der Waals surface area (Å²) >= 11 is 0. The molecule has 1 aromatic carbocycles. The van der Waals surface area contributed by atoms with Crippen LogP contribution < -0.4 is 10.5 Å². The van der Waals surface area contributed by atoms with Crippen LogP contribution in [0, 0.1) is 11.3 Å².